The Kier molecular flexibility index (Phi) is 9.52. The fraction of sp³-hybridized carbons (Fsp3) is 0.667. The van der Waals surface area contributed by atoms with Crippen LogP contribution in [0.15, 0.2) is 24.3 Å². The Bertz CT molecular complexity index is 751. The average molecular weight is 445 g/mol. The molecule has 0 aliphatic carbocycles. The van der Waals surface area contributed by atoms with Crippen LogP contribution < -0.4 is 0 Å². The third-order valence-corrected chi connectivity index (χ3v) is 12.0. The second-order valence-corrected chi connectivity index (χ2v) is 15.5. The third kappa shape index (κ3) is 7.20. The zero-order chi connectivity index (χ0) is 22.4. The van der Waals surface area contributed by atoms with Crippen LogP contribution in [0, 0.1) is 0 Å². The van der Waals surface area contributed by atoms with Gasteiger partial charge in [0.2, 0.25) is 0 Å². The van der Waals surface area contributed by atoms with Crippen LogP contribution in [-0.4, -0.2) is 35.6 Å². The molecule has 0 saturated carbocycles. The zero-order valence-electron chi connectivity index (χ0n) is 18.9. The van der Waals surface area contributed by atoms with Gasteiger partial charge in [0.25, 0.3) is 10.1 Å². The van der Waals surface area contributed by atoms with Crippen molar-refractivity contribution >= 4 is 24.4 Å². The number of esters is 1. The summed E-state index contributed by atoms with van der Waals surface area (Å²) in [6.07, 6.45) is 0.229. The van der Waals surface area contributed by atoms with Crippen molar-refractivity contribution in [2.75, 3.05) is 12.9 Å². The highest BCUT2D eigenvalue weighted by molar-refractivity contribution is 7.86. The lowest BCUT2D eigenvalue weighted by Gasteiger charge is -2.43. The molecule has 0 radical (unpaired) electrons. The Morgan fingerprint density at radius 1 is 1.00 bits per heavy atom. The topological polar surface area (TPSA) is 78.9 Å². The molecule has 1 atom stereocenters. The van der Waals surface area contributed by atoms with E-state index in [1.807, 2.05) is 12.1 Å². The first-order valence-corrected chi connectivity index (χ1v) is 14.0. The number of carbonyl (C=O) groups excluding carboxylic acids is 1. The summed E-state index contributed by atoms with van der Waals surface area (Å²) in [4.78, 5) is 11.2. The van der Waals surface area contributed by atoms with E-state index in [-0.39, 0.29) is 13.2 Å². The number of rotatable bonds is 11. The van der Waals surface area contributed by atoms with Gasteiger partial charge >= 0.3 is 5.97 Å². The van der Waals surface area contributed by atoms with Gasteiger partial charge in [0.05, 0.1) is 12.9 Å². The minimum Gasteiger partial charge on any atom is -0.461 e. The molecule has 0 aromatic heterocycles. The van der Waals surface area contributed by atoms with Crippen molar-refractivity contribution in [3.63, 3.8) is 0 Å². The van der Waals surface area contributed by atoms with E-state index in [2.05, 4.69) is 41.5 Å². The normalized spacial score (nSPS) is 13.9. The summed E-state index contributed by atoms with van der Waals surface area (Å²) in [7, 11) is -5.93. The van der Waals surface area contributed by atoms with Gasteiger partial charge in [-0.05, 0) is 27.8 Å². The minimum absolute atomic E-state index is 0.0518. The quantitative estimate of drug-likeness (QED) is 0.273. The predicted octanol–water partition coefficient (Wildman–Crippen LogP) is 4.96. The monoisotopic (exact) mass is 444 g/mol. The second kappa shape index (κ2) is 10.7. The Morgan fingerprint density at radius 3 is 1.97 bits per heavy atom. The number of carbonyl (C=O) groups is 1. The molecule has 1 rings (SSSR count). The van der Waals surface area contributed by atoms with Crippen molar-refractivity contribution in [1.82, 2.24) is 0 Å². The zero-order valence-corrected chi connectivity index (χ0v) is 20.7. The molecule has 0 fully saturated rings. The van der Waals surface area contributed by atoms with E-state index in [1.165, 1.54) is 6.92 Å². The van der Waals surface area contributed by atoms with Crippen LogP contribution >= 0.6 is 0 Å². The number of benzene rings is 1. The molecule has 0 saturated heterocycles. The molecule has 29 heavy (non-hydrogen) atoms. The summed E-state index contributed by atoms with van der Waals surface area (Å²) in [5.74, 6) is -0.400. The van der Waals surface area contributed by atoms with Crippen molar-refractivity contribution in [3.8, 4) is 0 Å². The lowest BCUT2D eigenvalue weighted by atomic mass is 10.0. The van der Waals surface area contributed by atoms with Crippen LogP contribution in [0.25, 0.3) is 0 Å². The average Bonchev–Trinajstić information content (AvgIpc) is 2.57. The SMILES string of the molecule is CC(=O)OCc1ccccc1C(CO[Si](C(C)C)(C(C)C)C(C)C)OS(C)(=O)=O. The van der Waals surface area contributed by atoms with Gasteiger partial charge in [-0.15, -0.1) is 0 Å². The van der Waals surface area contributed by atoms with Gasteiger partial charge in [0.15, 0.2) is 8.32 Å². The first-order valence-electron chi connectivity index (χ1n) is 10.0. The highest BCUT2D eigenvalue weighted by Crippen LogP contribution is 2.43. The Hall–Kier alpha value is -1.22. The molecule has 0 bridgehead atoms. The van der Waals surface area contributed by atoms with Gasteiger partial charge in [-0.1, -0.05) is 65.8 Å². The minimum atomic E-state index is -3.72. The lowest BCUT2D eigenvalue weighted by molar-refractivity contribution is -0.142. The van der Waals surface area contributed by atoms with E-state index in [9.17, 15) is 13.2 Å². The maximum absolute atomic E-state index is 12.0. The summed E-state index contributed by atoms with van der Waals surface area (Å²) >= 11 is 0. The fourth-order valence-electron chi connectivity index (χ4n) is 4.26. The van der Waals surface area contributed by atoms with Crippen molar-refractivity contribution in [3.05, 3.63) is 35.4 Å². The summed E-state index contributed by atoms with van der Waals surface area (Å²) in [6.45, 7) is 14.6. The van der Waals surface area contributed by atoms with E-state index in [0.29, 0.717) is 27.8 Å². The van der Waals surface area contributed by atoms with Crippen molar-refractivity contribution in [2.24, 2.45) is 0 Å². The summed E-state index contributed by atoms with van der Waals surface area (Å²) in [6, 6.07) is 7.22. The van der Waals surface area contributed by atoms with Crippen molar-refractivity contribution in [2.45, 2.75) is 77.8 Å². The molecule has 1 unspecified atom stereocenters. The molecule has 0 heterocycles. The molecular weight excluding hydrogens is 408 g/mol. The highest BCUT2D eigenvalue weighted by Gasteiger charge is 2.45. The van der Waals surface area contributed by atoms with E-state index >= 15 is 0 Å². The molecule has 6 nitrogen and oxygen atoms in total. The van der Waals surface area contributed by atoms with E-state index in [1.54, 1.807) is 12.1 Å². The maximum atomic E-state index is 12.0. The summed E-state index contributed by atoms with van der Waals surface area (Å²) in [5.41, 5.74) is 2.43. The van der Waals surface area contributed by atoms with Gasteiger partial charge in [-0.2, -0.15) is 8.42 Å². The molecule has 0 spiro atoms. The van der Waals surface area contributed by atoms with Crippen LogP contribution in [-0.2, 0) is 34.9 Å². The second-order valence-electron chi connectivity index (χ2n) is 8.40. The molecule has 0 aliphatic rings. The molecule has 166 valence electrons. The van der Waals surface area contributed by atoms with Gasteiger partial charge in [-0.25, -0.2) is 0 Å². The standard InChI is InChI=1S/C21H36O6SSi/c1-15(2)29(16(3)4,17(5)6)26-14-21(27-28(8,23)24)20-12-10-9-11-19(20)13-25-18(7)22/h9-12,15-17,21H,13-14H2,1-8H3. The summed E-state index contributed by atoms with van der Waals surface area (Å²) in [5, 5.41) is 0. The van der Waals surface area contributed by atoms with Crippen LogP contribution in [0.5, 0.6) is 0 Å². The first-order chi connectivity index (χ1) is 13.3. The molecule has 0 N–H and O–H groups in total. The van der Waals surface area contributed by atoms with Gasteiger partial charge in [0.1, 0.15) is 12.7 Å². The molecule has 0 aliphatic heterocycles. The van der Waals surface area contributed by atoms with Crippen molar-refractivity contribution in [1.29, 1.82) is 0 Å². The maximum Gasteiger partial charge on any atom is 0.302 e. The van der Waals surface area contributed by atoms with Crippen LogP contribution in [0.4, 0.5) is 0 Å². The van der Waals surface area contributed by atoms with E-state index < -0.39 is 30.5 Å². The highest BCUT2D eigenvalue weighted by atomic mass is 32.2. The van der Waals surface area contributed by atoms with Crippen LogP contribution in [0.1, 0.15) is 65.7 Å². The van der Waals surface area contributed by atoms with E-state index in [0.717, 1.165) is 6.26 Å². The molecule has 8 heteroatoms. The largest absolute Gasteiger partial charge is 0.461 e. The van der Waals surface area contributed by atoms with Gasteiger partial charge in [-0.3, -0.25) is 8.98 Å². The van der Waals surface area contributed by atoms with Crippen molar-refractivity contribution < 1.29 is 26.6 Å². The number of hydrogen-bond donors (Lipinski definition) is 0. The lowest BCUT2D eigenvalue weighted by Crippen LogP contribution is -2.48. The van der Waals surface area contributed by atoms with Crippen LogP contribution in [0.2, 0.25) is 16.6 Å². The molecule has 1 aromatic rings. The molecule has 1 aromatic carbocycles. The molecular formula is C21H36O6SSi. The Labute approximate surface area is 177 Å². The Balaban J connectivity index is 3.29. The Morgan fingerprint density at radius 2 is 1.52 bits per heavy atom. The van der Waals surface area contributed by atoms with E-state index in [4.69, 9.17) is 13.3 Å². The fourth-order valence-corrected chi connectivity index (χ4v) is 10.3. The first kappa shape index (κ1) is 25.8. The number of ether oxygens (including phenoxy) is 1. The predicted molar refractivity (Wildman–Crippen MR) is 118 cm³/mol. The number of hydrogen-bond acceptors (Lipinski definition) is 6. The smallest absolute Gasteiger partial charge is 0.302 e. The van der Waals surface area contributed by atoms with Gasteiger partial charge < -0.3 is 9.16 Å². The molecule has 0 amide bonds. The third-order valence-electron chi connectivity index (χ3n) is 5.32. The summed E-state index contributed by atoms with van der Waals surface area (Å²) < 4.78 is 41.1. The van der Waals surface area contributed by atoms with Gasteiger partial charge in [0, 0.05) is 6.92 Å². The van der Waals surface area contributed by atoms with Crippen LogP contribution in [0.3, 0.4) is 0 Å².